The third kappa shape index (κ3) is 5.21. The second kappa shape index (κ2) is 11.8. The topological polar surface area (TPSA) is 109 Å². The zero-order valence-electron chi connectivity index (χ0n) is 28.2. The van der Waals surface area contributed by atoms with E-state index in [4.69, 9.17) is 14.2 Å². The number of hydrogen-bond donors (Lipinski definition) is 4. The fourth-order valence-electron chi connectivity index (χ4n) is 11.2. The fraction of sp³-hybridized carbons (Fsp3) is 0.889. The summed E-state index contributed by atoms with van der Waals surface area (Å²) in [6, 6.07) is 0. The van der Waals surface area contributed by atoms with E-state index in [-0.39, 0.29) is 58.4 Å². The first-order valence-electron chi connectivity index (χ1n) is 16.9. The van der Waals surface area contributed by atoms with Crippen LogP contribution in [0.4, 0.5) is 0 Å². The largest absolute Gasteiger partial charge is 0.393 e. The van der Waals surface area contributed by atoms with Gasteiger partial charge in [0.15, 0.2) is 6.29 Å². The molecule has 0 bridgehead atoms. The van der Waals surface area contributed by atoms with Crippen molar-refractivity contribution < 1.29 is 34.6 Å². The van der Waals surface area contributed by atoms with Crippen molar-refractivity contribution in [1.29, 1.82) is 0 Å². The zero-order valence-corrected chi connectivity index (χ0v) is 28.2. The van der Waals surface area contributed by atoms with Crippen LogP contribution in [0.25, 0.3) is 0 Å². The predicted molar refractivity (Wildman–Crippen MR) is 167 cm³/mol. The molecular weight excluding hydrogens is 544 g/mol. The number of rotatable bonds is 7. The molecule has 0 spiro atoms. The lowest BCUT2D eigenvalue weighted by molar-refractivity contribution is -0.294. The summed E-state index contributed by atoms with van der Waals surface area (Å²) in [5.41, 5.74) is 2.36. The van der Waals surface area contributed by atoms with Crippen LogP contribution in [0.3, 0.4) is 0 Å². The average Bonchev–Trinajstić information content (AvgIpc) is 3.14. The highest BCUT2D eigenvalue weighted by molar-refractivity contribution is 5.33. The van der Waals surface area contributed by atoms with Crippen molar-refractivity contribution >= 4 is 0 Å². The van der Waals surface area contributed by atoms with Crippen molar-refractivity contribution in [3.05, 3.63) is 23.3 Å². The van der Waals surface area contributed by atoms with Crippen LogP contribution in [0.1, 0.15) is 100 Å². The molecule has 5 aliphatic rings. The molecule has 1 aliphatic heterocycles. The van der Waals surface area contributed by atoms with Gasteiger partial charge >= 0.3 is 0 Å². The highest BCUT2D eigenvalue weighted by atomic mass is 16.7. The van der Waals surface area contributed by atoms with Gasteiger partial charge in [0.05, 0.1) is 24.9 Å². The molecule has 14 atom stereocenters. The van der Waals surface area contributed by atoms with E-state index in [1.807, 2.05) is 7.11 Å². The summed E-state index contributed by atoms with van der Waals surface area (Å²) >= 11 is 0. The lowest BCUT2D eigenvalue weighted by Gasteiger charge is -2.67. The van der Waals surface area contributed by atoms with Crippen LogP contribution in [0.2, 0.25) is 0 Å². The van der Waals surface area contributed by atoms with Gasteiger partial charge in [-0.2, -0.15) is 0 Å². The number of methoxy groups -OCH3 is 1. The molecule has 0 unspecified atom stereocenters. The molecule has 0 amide bonds. The molecular formula is C36H60O7. The maximum absolute atomic E-state index is 11.8. The lowest BCUT2D eigenvalue weighted by Crippen LogP contribution is -2.63. The summed E-state index contributed by atoms with van der Waals surface area (Å²) in [5, 5.41) is 42.5. The highest BCUT2D eigenvalue weighted by Gasteiger charge is 2.71. The first kappa shape index (κ1) is 33.6. The van der Waals surface area contributed by atoms with Crippen LogP contribution in [0.15, 0.2) is 23.3 Å². The average molecular weight is 605 g/mol. The number of hydrogen-bond acceptors (Lipinski definition) is 7. The number of aliphatic hydroxyl groups is 4. The zero-order chi connectivity index (χ0) is 31.7. The molecule has 7 nitrogen and oxygen atoms in total. The van der Waals surface area contributed by atoms with Gasteiger partial charge in [-0.05, 0) is 92.8 Å². The van der Waals surface area contributed by atoms with Gasteiger partial charge in [0.1, 0.15) is 18.3 Å². The smallest absolute Gasteiger partial charge is 0.186 e. The van der Waals surface area contributed by atoms with Crippen molar-refractivity contribution in [2.75, 3.05) is 13.7 Å². The van der Waals surface area contributed by atoms with Crippen molar-refractivity contribution in [3.8, 4) is 0 Å². The number of allylic oxidation sites excluding steroid dienone is 2. The maximum Gasteiger partial charge on any atom is 0.186 e. The molecule has 0 aromatic rings. The Morgan fingerprint density at radius 3 is 2.35 bits per heavy atom. The number of fused-ring (bicyclic) bond motifs is 5. The van der Waals surface area contributed by atoms with E-state index in [0.29, 0.717) is 11.8 Å². The van der Waals surface area contributed by atoms with Crippen molar-refractivity contribution in [2.45, 2.75) is 143 Å². The van der Waals surface area contributed by atoms with Gasteiger partial charge in [0.2, 0.25) is 0 Å². The molecule has 7 heteroatoms. The van der Waals surface area contributed by atoms with E-state index in [1.54, 1.807) is 0 Å². The quantitative estimate of drug-likeness (QED) is 0.289. The van der Waals surface area contributed by atoms with Crippen LogP contribution in [-0.4, -0.2) is 77.1 Å². The van der Waals surface area contributed by atoms with Gasteiger partial charge in [-0.1, -0.05) is 64.8 Å². The molecule has 4 N–H and O–H groups in total. The number of ether oxygens (including phenoxy) is 3. The molecule has 4 fully saturated rings. The molecule has 3 saturated carbocycles. The van der Waals surface area contributed by atoms with Crippen LogP contribution >= 0.6 is 0 Å². The normalized spacial score (nSPS) is 49.7. The van der Waals surface area contributed by atoms with E-state index in [1.165, 1.54) is 11.1 Å². The molecule has 1 saturated heterocycles. The third-order valence-corrected chi connectivity index (χ3v) is 13.6. The molecule has 246 valence electrons. The third-order valence-electron chi connectivity index (χ3n) is 13.6. The molecule has 0 radical (unpaired) electrons. The second-order valence-electron chi connectivity index (χ2n) is 16.5. The van der Waals surface area contributed by atoms with Crippen molar-refractivity contribution in [3.63, 3.8) is 0 Å². The van der Waals surface area contributed by atoms with Gasteiger partial charge < -0.3 is 34.6 Å². The Hall–Kier alpha value is -0.800. The molecule has 0 aromatic carbocycles. The van der Waals surface area contributed by atoms with Gasteiger partial charge in [-0.25, -0.2) is 0 Å². The van der Waals surface area contributed by atoms with E-state index >= 15 is 0 Å². The summed E-state index contributed by atoms with van der Waals surface area (Å²) in [4.78, 5) is 0. The Morgan fingerprint density at radius 1 is 1.00 bits per heavy atom. The predicted octanol–water partition coefficient (Wildman–Crippen LogP) is 5.39. The van der Waals surface area contributed by atoms with Crippen LogP contribution < -0.4 is 0 Å². The minimum Gasteiger partial charge on any atom is -0.393 e. The van der Waals surface area contributed by atoms with E-state index in [0.717, 1.165) is 44.9 Å². The Labute approximate surface area is 260 Å². The Balaban J connectivity index is 1.45. The van der Waals surface area contributed by atoms with E-state index < -0.39 is 24.6 Å². The van der Waals surface area contributed by atoms with E-state index in [9.17, 15) is 20.4 Å². The second-order valence-corrected chi connectivity index (χ2v) is 16.5. The van der Waals surface area contributed by atoms with Gasteiger partial charge in [0.25, 0.3) is 0 Å². The van der Waals surface area contributed by atoms with Crippen LogP contribution in [0.5, 0.6) is 0 Å². The van der Waals surface area contributed by atoms with Gasteiger partial charge in [-0.3, -0.25) is 0 Å². The minimum absolute atomic E-state index is 0.0162. The van der Waals surface area contributed by atoms with Crippen LogP contribution in [-0.2, 0) is 14.2 Å². The van der Waals surface area contributed by atoms with Crippen molar-refractivity contribution in [2.24, 2.45) is 45.3 Å². The Bertz CT molecular complexity index is 1080. The van der Waals surface area contributed by atoms with Crippen LogP contribution in [0, 0.1) is 45.3 Å². The highest BCUT2D eigenvalue weighted by Crippen LogP contribution is 2.75. The monoisotopic (exact) mass is 604 g/mol. The SMILES string of the molecule is CO[C@H]1C=C2[C@@H](CC[C@H](O[C@@H]3OC[C@H](O)[C@H](O)[C@@H]3O)C2(C)C)[C@]2(C)CC[C@]3(C)[C@H]([C@@H](C)CCC=C(C)C)[C@@H](O)C[C@]3(C)[C@H]12. The van der Waals surface area contributed by atoms with E-state index in [2.05, 4.69) is 67.5 Å². The fourth-order valence-corrected chi connectivity index (χ4v) is 11.2. The molecule has 0 aromatic heterocycles. The standard InChI is InChI=1S/C36H60O7/c1-20(2)11-10-12-21(3)28-24(37)18-36(8)31-26(41-9)17-23-22(34(31,6)15-16-35(28,36)7)13-14-27(33(23,4)5)43-32-30(40)29(39)25(38)19-42-32/h11,17,21-22,24-32,37-40H,10,12-16,18-19H2,1-9H3/t21-,22+,24-,25-,26-,27-,28+,29-,30-,31+,32-,34-,35+,36+/m0/s1. The minimum atomic E-state index is -1.30. The molecule has 4 aliphatic carbocycles. The molecule has 5 rings (SSSR count). The van der Waals surface area contributed by atoms with Gasteiger partial charge in [-0.15, -0.1) is 0 Å². The summed E-state index contributed by atoms with van der Waals surface area (Å²) in [6.07, 6.45) is 6.43. The number of aliphatic hydroxyl groups excluding tert-OH is 4. The Morgan fingerprint density at radius 2 is 1.70 bits per heavy atom. The Kier molecular flexibility index (Phi) is 9.19. The summed E-state index contributed by atoms with van der Waals surface area (Å²) < 4.78 is 18.5. The lowest BCUT2D eigenvalue weighted by atomic mass is 9.38. The molecule has 1 heterocycles. The summed E-state index contributed by atoms with van der Waals surface area (Å²) in [7, 11) is 1.84. The maximum atomic E-state index is 11.8. The van der Waals surface area contributed by atoms with Gasteiger partial charge in [0, 0.05) is 18.4 Å². The van der Waals surface area contributed by atoms with Crippen molar-refractivity contribution in [1.82, 2.24) is 0 Å². The molecule has 43 heavy (non-hydrogen) atoms. The first-order valence-corrected chi connectivity index (χ1v) is 16.9. The first-order chi connectivity index (χ1) is 20.0. The summed E-state index contributed by atoms with van der Waals surface area (Å²) in [6.45, 7) is 18.5. The summed E-state index contributed by atoms with van der Waals surface area (Å²) in [5.74, 6) is 1.37.